The Morgan fingerprint density at radius 1 is 1.38 bits per heavy atom. The summed E-state index contributed by atoms with van der Waals surface area (Å²) in [5.74, 6) is -0.342. The maximum absolute atomic E-state index is 12.4. The van der Waals surface area contributed by atoms with E-state index in [0.29, 0.717) is 6.42 Å². The minimum absolute atomic E-state index is 0.162. The monoisotopic (exact) mass is 390 g/mol. The van der Waals surface area contributed by atoms with Crippen LogP contribution < -0.4 is 0 Å². The maximum atomic E-state index is 12.4. The molecule has 2 aliphatic rings. The van der Waals surface area contributed by atoms with Crippen molar-refractivity contribution in [1.29, 1.82) is 5.26 Å². The average molecular weight is 390 g/mol. The van der Waals surface area contributed by atoms with Crippen LogP contribution in [0.3, 0.4) is 0 Å². The number of nitrogens with zero attached hydrogens (tertiary/aromatic N) is 2. The van der Waals surface area contributed by atoms with Crippen LogP contribution in [0.5, 0.6) is 0 Å². The summed E-state index contributed by atoms with van der Waals surface area (Å²) in [7, 11) is 0. The van der Waals surface area contributed by atoms with Crippen LogP contribution >= 0.6 is 22.6 Å². The van der Waals surface area contributed by atoms with Gasteiger partial charge in [0.1, 0.15) is 0 Å². The molecule has 0 saturated heterocycles. The molecule has 0 bridgehead atoms. The third kappa shape index (κ3) is 2.55. The van der Waals surface area contributed by atoms with E-state index >= 15 is 0 Å². The third-order valence-corrected chi connectivity index (χ3v) is 4.85. The summed E-state index contributed by atoms with van der Waals surface area (Å²) >= 11 is 2.26. The molecule has 1 heterocycles. The van der Waals surface area contributed by atoms with E-state index in [1.54, 1.807) is 0 Å². The van der Waals surface area contributed by atoms with Gasteiger partial charge in [0.2, 0.25) is 0 Å². The van der Waals surface area contributed by atoms with Crippen LogP contribution in [0.15, 0.2) is 40.5 Å². The number of nitriles is 1. The minimum Gasteiger partial charge on any atom is -0.294 e. The fraction of sp³-hybridized carbons (Fsp3) is 0.353. The van der Waals surface area contributed by atoms with E-state index in [2.05, 4.69) is 39.7 Å². The maximum Gasteiger partial charge on any atom is 0.161 e. The molecule has 1 aliphatic heterocycles. The molecule has 0 amide bonds. The first-order chi connectivity index (χ1) is 10.1. The molecule has 0 saturated carbocycles. The number of halogens is 1. The molecular formula is C17H15IN2O. The molecule has 106 valence electrons. The van der Waals surface area contributed by atoms with E-state index in [0.717, 1.165) is 39.0 Å². The first-order valence-corrected chi connectivity index (χ1v) is 8.16. The molecule has 3 nitrogen and oxygen atoms in total. The van der Waals surface area contributed by atoms with Crippen molar-refractivity contribution in [2.75, 3.05) is 0 Å². The highest BCUT2D eigenvalue weighted by atomic mass is 127. The zero-order chi connectivity index (χ0) is 15.0. The van der Waals surface area contributed by atoms with Gasteiger partial charge in [0, 0.05) is 32.9 Å². The van der Waals surface area contributed by atoms with Gasteiger partial charge in [0.05, 0.1) is 12.0 Å². The summed E-state index contributed by atoms with van der Waals surface area (Å²) < 4.78 is 1.12. The Kier molecular flexibility index (Phi) is 3.94. The molecule has 1 aliphatic carbocycles. The molecule has 0 N–H and O–H groups in total. The average Bonchev–Trinajstić information content (AvgIpc) is 2.46. The van der Waals surface area contributed by atoms with Crippen molar-refractivity contribution in [3.8, 4) is 6.07 Å². The highest BCUT2D eigenvalue weighted by molar-refractivity contribution is 14.1. The standard InChI is InChI=1S/C17H15IN2O/c1-10-13(9-19)16(11-4-2-5-12(18)8-11)17-14(20-10)6-3-7-15(17)21/h2,4-5,8,13,16H,3,6-7H2,1H3/t13?,16-/m0/s1. The summed E-state index contributed by atoms with van der Waals surface area (Å²) in [4.78, 5) is 17.0. The zero-order valence-electron chi connectivity index (χ0n) is 11.8. The van der Waals surface area contributed by atoms with Gasteiger partial charge in [-0.05, 0) is 60.1 Å². The van der Waals surface area contributed by atoms with Crippen molar-refractivity contribution in [1.82, 2.24) is 0 Å². The lowest BCUT2D eigenvalue weighted by atomic mass is 9.72. The van der Waals surface area contributed by atoms with Crippen LogP contribution in [0, 0.1) is 20.8 Å². The van der Waals surface area contributed by atoms with E-state index in [1.807, 2.05) is 25.1 Å². The Labute approximate surface area is 137 Å². The highest BCUT2D eigenvalue weighted by Crippen LogP contribution is 2.42. The smallest absolute Gasteiger partial charge is 0.161 e. The number of aliphatic imine (C=N–C) groups is 1. The fourth-order valence-corrected chi connectivity index (χ4v) is 3.80. The fourth-order valence-electron chi connectivity index (χ4n) is 3.23. The van der Waals surface area contributed by atoms with Gasteiger partial charge >= 0.3 is 0 Å². The van der Waals surface area contributed by atoms with Crippen LogP contribution in [0.4, 0.5) is 0 Å². The quantitative estimate of drug-likeness (QED) is 0.681. The van der Waals surface area contributed by atoms with Crippen LogP contribution in [-0.2, 0) is 4.79 Å². The first kappa shape index (κ1) is 14.5. The molecule has 2 atom stereocenters. The van der Waals surface area contributed by atoms with E-state index < -0.39 is 0 Å². The van der Waals surface area contributed by atoms with E-state index in [9.17, 15) is 10.1 Å². The Morgan fingerprint density at radius 3 is 2.90 bits per heavy atom. The molecule has 1 unspecified atom stereocenters. The Bertz CT molecular complexity index is 712. The highest BCUT2D eigenvalue weighted by Gasteiger charge is 2.38. The molecule has 0 radical (unpaired) electrons. The van der Waals surface area contributed by atoms with Gasteiger partial charge in [0.15, 0.2) is 5.78 Å². The Hall–Kier alpha value is -1.48. The number of allylic oxidation sites excluding steroid dienone is 2. The van der Waals surface area contributed by atoms with Crippen LogP contribution in [0.25, 0.3) is 0 Å². The van der Waals surface area contributed by atoms with Gasteiger partial charge in [-0.1, -0.05) is 12.1 Å². The largest absolute Gasteiger partial charge is 0.294 e. The number of rotatable bonds is 1. The second-order valence-corrected chi connectivity index (χ2v) is 6.78. The van der Waals surface area contributed by atoms with Gasteiger partial charge in [-0.25, -0.2) is 0 Å². The number of carbonyl (C=O) groups excluding carboxylic acids is 1. The molecule has 3 rings (SSSR count). The summed E-state index contributed by atoms with van der Waals surface area (Å²) in [5.41, 5.74) is 3.56. The lowest BCUT2D eigenvalue weighted by Gasteiger charge is -2.32. The number of benzene rings is 1. The van der Waals surface area contributed by atoms with Crippen molar-refractivity contribution in [3.63, 3.8) is 0 Å². The first-order valence-electron chi connectivity index (χ1n) is 7.08. The molecule has 4 heteroatoms. The van der Waals surface area contributed by atoms with Gasteiger partial charge in [-0.2, -0.15) is 5.26 Å². The lowest BCUT2D eigenvalue weighted by molar-refractivity contribution is -0.116. The topological polar surface area (TPSA) is 53.2 Å². The summed E-state index contributed by atoms with van der Waals surface area (Å²) in [6.07, 6.45) is 2.29. The van der Waals surface area contributed by atoms with Gasteiger partial charge in [-0.3, -0.25) is 9.79 Å². The number of hydrogen-bond donors (Lipinski definition) is 0. The molecule has 0 spiro atoms. The molecule has 1 aromatic rings. The van der Waals surface area contributed by atoms with Crippen molar-refractivity contribution >= 4 is 34.1 Å². The van der Waals surface area contributed by atoms with Crippen LogP contribution in [0.1, 0.15) is 37.7 Å². The molecule has 21 heavy (non-hydrogen) atoms. The van der Waals surface area contributed by atoms with Crippen molar-refractivity contribution in [2.45, 2.75) is 32.1 Å². The molecule has 1 aromatic carbocycles. The van der Waals surface area contributed by atoms with Crippen LogP contribution in [0.2, 0.25) is 0 Å². The lowest BCUT2D eigenvalue weighted by Crippen LogP contribution is -2.30. The number of hydrogen-bond acceptors (Lipinski definition) is 3. The van der Waals surface area contributed by atoms with Gasteiger partial charge in [0.25, 0.3) is 0 Å². The Morgan fingerprint density at radius 2 is 2.19 bits per heavy atom. The van der Waals surface area contributed by atoms with E-state index in [-0.39, 0.29) is 17.6 Å². The number of Topliss-reactive ketones (excluding diaryl/α,β-unsaturated/α-hetero) is 1. The third-order valence-electron chi connectivity index (χ3n) is 4.18. The van der Waals surface area contributed by atoms with E-state index in [1.165, 1.54) is 0 Å². The zero-order valence-corrected chi connectivity index (χ0v) is 13.9. The second-order valence-electron chi connectivity index (χ2n) is 5.53. The second kappa shape index (κ2) is 5.72. The van der Waals surface area contributed by atoms with Crippen molar-refractivity contribution in [3.05, 3.63) is 44.7 Å². The number of ketones is 1. The van der Waals surface area contributed by atoms with Crippen molar-refractivity contribution < 1.29 is 4.79 Å². The Balaban J connectivity index is 2.19. The van der Waals surface area contributed by atoms with Gasteiger partial charge in [-0.15, -0.1) is 0 Å². The normalized spacial score (nSPS) is 25.2. The molecule has 0 aromatic heterocycles. The SMILES string of the molecule is CC1=NC2=C(C(=O)CCC2)[C@@H](c2cccc(I)c2)C1C#N. The molecular weight excluding hydrogens is 375 g/mol. The van der Waals surface area contributed by atoms with Crippen molar-refractivity contribution in [2.24, 2.45) is 10.9 Å². The predicted octanol–water partition coefficient (Wildman–Crippen LogP) is 4.00. The summed E-state index contributed by atoms with van der Waals surface area (Å²) in [5, 5.41) is 9.57. The summed E-state index contributed by atoms with van der Waals surface area (Å²) in [6.45, 7) is 1.90. The van der Waals surface area contributed by atoms with Gasteiger partial charge < -0.3 is 0 Å². The minimum atomic E-state index is -0.344. The number of carbonyl (C=O) groups is 1. The molecule has 0 fully saturated rings. The summed E-state index contributed by atoms with van der Waals surface area (Å²) in [6, 6.07) is 10.4. The van der Waals surface area contributed by atoms with Crippen LogP contribution in [-0.4, -0.2) is 11.5 Å². The van der Waals surface area contributed by atoms with E-state index in [4.69, 9.17) is 0 Å². The predicted molar refractivity (Wildman–Crippen MR) is 90.0 cm³/mol.